The zero-order valence-electron chi connectivity index (χ0n) is 19.7. The highest BCUT2D eigenvalue weighted by molar-refractivity contribution is 7.80. The van der Waals surface area contributed by atoms with Crippen LogP contribution in [0.3, 0.4) is 0 Å². The Hall–Kier alpha value is -1.31. The van der Waals surface area contributed by atoms with Crippen LogP contribution in [0.1, 0.15) is 66.7 Å². The molecule has 5 nitrogen and oxygen atoms in total. The fourth-order valence-corrected chi connectivity index (χ4v) is 8.81. The second-order valence-electron chi connectivity index (χ2n) is 10.8. The lowest BCUT2D eigenvalue weighted by Gasteiger charge is -2.63. The molecular formula is C25H32ClFO5S. The van der Waals surface area contributed by atoms with Crippen molar-refractivity contribution in [1.29, 1.82) is 0 Å². The van der Waals surface area contributed by atoms with Crippen molar-refractivity contribution in [2.45, 2.75) is 84.1 Å². The van der Waals surface area contributed by atoms with Gasteiger partial charge in [-0.3, -0.25) is 9.59 Å². The molecule has 0 spiro atoms. The molecule has 0 saturated heterocycles. The number of esters is 1. The summed E-state index contributed by atoms with van der Waals surface area (Å²) in [6.07, 6.45) is 1.56. The number of allylic oxidation sites excluding steroid dienone is 4. The van der Waals surface area contributed by atoms with Gasteiger partial charge in [-0.1, -0.05) is 38.4 Å². The number of ether oxygens (including phenoxy) is 1. The second-order valence-corrected chi connectivity index (χ2v) is 11.6. The first kappa shape index (κ1) is 24.8. The largest absolute Gasteiger partial charge is 0.499 e. The first-order chi connectivity index (χ1) is 15.2. The van der Waals surface area contributed by atoms with Gasteiger partial charge in [-0.2, -0.15) is 0 Å². The zero-order valence-corrected chi connectivity index (χ0v) is 21.3. The van der Waals surface area contributed by atoms with Crippen LogP contribution in [-0.2, 0) is 14.3 Å². The first-order valence-corrected chi connectivity index (χ1v) is 12.5. The highest BCUT2D eigenvalue weighted by Gasteiger charge is 2.77. The van der Waals surface area contributed by atoms with E-state index in [2.05, 4.69) is 0 Å². The van der Waals surface area contributed by atoms with Gasteiger partial charge in [-0.15, -0.1) is 0 Å². The van der Waals surface area contributed by atoms with Crippen LogP contribution < -0.4 is 0 Å². The summed E-state index contributed by atoms with van der Waals surface area (Å²) in [6.45, 7) is 8.71. The maximum atomic E-state index is 17.4. The number of Topliss-reactive ketones (excluding diaryl/α,β-unsaturated/α-hetero) is 1. The summed E-state index contributed by atoms with van der Waals surface area (Å²) in [5.74, 6) is -2.05. The van der Waals surface area contributed by atoms with Crippen molar-refractivity contribution in [3.8, 4) is 0 Å². The van der Waals surface area contributed by atoms with E-state index in [0.29, 0.717) is 30.4 Å². The van der Waals surface area contributed by atoms with Crippen LogP contribution in [-0.4, -0.2) is 44.4 Å². The number of aliphatic hydroxyl groups is 2. The van der Waals surface area contributed by atoms with Crippen LogP contribution in [0.15, 0.2) is 22.3 Å². The van der Waals surface area contributed by atoms with Crippen LogP contribution in [0.4, 0.5) is 4.39 Å². The van der Waals surface area contributed by atoms with Gasteiger partial charge in [0.25, 0.3) is 0 Å². The minimum atomic E-state index is -2.07. The number of thiocarbonyl (C=S) groups is 1. The van der Waals surface area contributed by atoms with E-state index < -0.39 is 45.1 Å². The number of halogens is 2. The van der Waals surface area contributed by atoms with E-state index in [1.165, 1.54) is 0 Å². The van der Waals surface area contributed by atoms with Crippen LogP contribution in [0.25, 0.3) is 0 Å². The summed E-state index contributed by atoms with van der Waals surface area (Å²) in [6, 6.07) is 0. The highest BCUT2D eigenvalue weighted by Crippen LogP contribution is 2.72. The van der Waals surface area contributed by atoms with Crippen molar-refractivity contribution in [3.05, 3.63) is 22.3 Å². The quantitative estimate of drug-likeness (QED) is 0.414. The monoisotopic (exact) mass is 498 g/mol. The SMILES string of the molecule is CCC(=O)O[C@]1(C(O)=S)[C@@H](C)C[C@H]2[C@@H]3CCC4=C(Cl)C(=O)C(C)=C[C@]4(C)[C@@]3(F)[C@@H](O)C[C@@]21C. The number of carbonyl (C=O) groups excluding carboxylic acids is 2. The minimum absolute atomic E-state index is 0.0476. The third-order valence-corrected chi connectivity index (χ3v) is 10.1. The number of hydrogen-bond donors (Lipinski definition) is 2. The molecule has 2 N–H and O–H groups in total. The lowest BCUT2D eigenvalue weighted by molar-refractivity contribution is -0.218. The molecule has 4 rings (SSSR count). The van der Waals surface area contributed by atoms with Gasteiger partial charge in [0.1, 0.15) is 0 Å². The molecule has 8 heteroatoms. The number of carbonyl (C=O) groups is 2. The zero-order chi connectivity index (χ0) is 24.7. The predicted molar refractivity (Wildman–Crippen MR) is 127 cm³/mol. The smallest absolute Gasteiger partial charge is 0.306 e. The molecule has 4 aliphatic carbocycles. The van der Waals surface area contributed by atoms with Crippen LogP contribution in [0.2, 0.25) is 0 Å². The van der Waals surface area contributed by atoms with Gasteiger partial charge in [0.15, 0.2) is 17.1 Å². The number of rotatable bonds is 3. The Balaban J connectivity index is 1.88. The van der Waals surface area contributed by atoms with E-state index in [9.17, 15) is 19.8 Å². The lowest BCUT2D eigenvalue weighted by atomic mass is 9.44. The van der Waals surface area contributed by atoms with Crippen LogP contribution in [0.5, 0.6) is 0 Å². The summed E-state index contributed by atoms with van der Waals surface area (Å²) in [5.41, 5.74) is -4.84. The van der Waals surface area contributed by atoms with Crippen molar-refractivity contribution >= 4 is 40.6 Å². The molecule has 0 bridgehead atoms. The summed E-state index contributed by atoms with van der Waals surface area (Å²) in [5, 5.41) is 21.8. The highest BCUT2D eigenvalue weighted by atomic mass is 35.5. The Bertz CT molecular complexity index is 1010. The van der Waals surface area contributed by atoms with Crippen molar-refractivity contribution in [1.82, 2.24) is 0 Å². The van der Waals surface area contributed by atoms with Crippen LogP contribution in [0, 0.1) is 28.6 Å². The Morgan fingerprint density at radius 3 is 2.58 bits per heavy atom. The van der Waals surface area contributed by atoms with Crippen molar-refractivity contribution in [3.63, 3.8) is 0 Å². The number of fused-ring (bicyclic) bond motifs is 5. The number of alkyl halides is 1. The van der Waals surface area contributed by atoms with Gasteiger partial charge in [0.2, 0.25) is 5.05 Å². The van der Waals surface area contributed by atoms with Crippen molar-refractivity contribution < 1.29 is 28.9 Å². The maximum absolute atomic E-state index is 17.4. The van der Waals surface area contributed by atoms with Crippen LogP contribution >= 0.6 is 23.8 Å². The topological polar surface area (TPSA) is 83.8 Å². The average molecular weight is 499 g/mol. The molecule has 0 aromatic carbocycles. The van der Waals surface area contributed by atoms with Gasteiger partial charge < -0.3 is 14.9 Å². The molecule has 0 radical (unpaired) electrons. The summed E-state index contributed by atoms with van der Waals surface area (Å²) in [7, 11) is 0. The molecule has 0 aliphatic heterocycles. The third kappa shape index (κ3) is 2.82. The lowest BCUT2D eigenvalue weighted by Crippen LogP contribution is -2.69. The first-order valence-electron chi connectivity index (χ1n) is 11.7. The van der Waals surface area contributed by atoms with Crippen molar-refractivity contribution in [2.24, 2.45) is 28.6 Å². The Morgan fingerprint density at radius 1 is 1.36 bits per heavy atom. The number of aliphatic hydroxyl groups excluding tert-OH is 2. The van der Waals surface area contributed by atoms with E-state index in [1.54, 1.807) is 26.8 Å². The molecule has 8 atom stereocenters. The summed E-state index contributed by atoms with van der Waals surface area (Å²) < 4.78 is 23.3. The number of ketones is 1. The van der Waals surface area contributed by atoms with Gasteiger partial charge in [-0.05, 0) is 68.8 Å². The Labute approximate surface area is 204 Å². The van der Waals surface area contributed by atoms with Gasteiger partial charge in [-0.25, -0.2) is 4.39 Å². The molecule has 0 unspecified atom stereocenters. The molecule has 33 heavy (non-hydrogen) atoms. The van der Waals surface area contributed by atoms with Gasteiger partial charge in [0, 0.05) is 29.1 Å². The van der Waals surface area contributed by atoms with E-state index in [-0.39, 0.29) is 35.5 Å². The minimum Gasteiger partial charge on any atom is -0.499 e. The maximum Gasteiger partial charge on any atom is 0.306 e. The van der Waals surface area contributed by atoms with Gasteiger partial charge in [0.05, 0.1) is 11.1 Å². The standard InChI is InChI=1S/C25H32ClFO5S/c1-6-18(29)32-25(21(31)33)13(3)9-16-14-7-8-15-19(26)20(30)12(2)10-22(15,4)24(14,27)17(28)11-23(16,25)5/h10,13-14,16-17,28H,6-9,11H2,1-5H3,(H,31,33)/t13-,14-,16-,17-,22-,23-,24-,25-/m0/s1. The number of hydrogen-bond acceptors (Lipinski definition) is 5. The van der Waals surface area contributed by atoms with Gasteiger partial charge >= 0.3 is 5.97 Å². The fraction of sp³-hybridized carbons (Fsp3) is 0.720. The molecule has 4 aliphatic rings. The summed E-state index contributed by atoms with van der Waals surface area (Å²) in [4.78, 5) is 24.9. The molecule has 0 aromatic heterocycles. The molecule has 0 amide bonds. The molecule has 3 fully saturated rings. The van der Waals surface area contributed by atoms with E-state index in [1.807, 2.05) is 13.8 Å². The summed E-state index contributed by atoms with van der Waals surface area (Å²) >= 11 is 11.7. The van der Waals surface area contributed by atoms with E-state index >= 15 is 4.39 Å². The Morgan fingerprint density at radius 2 is 2.00 bits per heavy atom. The molecule has 0 heterocycles. The molecule has 3 saturated carbocycles. The average Bonchev–Trinajstić information content (AvgIpc) is 2.95. The normalized spacial score (nSPS) is 46.8. The molecular weight excluding hydrogens is 467 g/mol. The molecule has 182 valence electrons. The van der Waals surface area contributed by atoms with Crippen molar-refractivity contribution in [2.75, 3.05) is 0 Å². The fourth-order valence-electron chi connectivity index (χ4n) is 7.89. The molecule has 0 aromatic rings. The van der Waals surface area contributed by atoms with E-state index in [0.717, 1.165) is 0 Å². The predicted octanol–water partition coefficient (Wildman–Crippen LogP) is 5.14. The Kier molecular flexibility index (Phi) is 5.71. The second kappa shape index (κ2) is 7.59. The third-order valence-electron chi connectivity index (χ3n) is 9.43. The van der Waals surface area contributed by atoms with E-state index in [4.69, 9.17) is 28.6 Å².